The van der Waals surface area contributed by atoms with Crippen LogP contribution < -0.4 is 0 Å². The second-order valence-corrected chi connectivity index (χ2v) is 9.35. The number of rotatable bonds is 9. The number of hydrogen-bond donors (Lipinski definition) is 0. The molecule has 0 unspecified atom stereocenters. The fraction of sp³-hybridized carbons (Fsp3) is 0.250. The molecule has 6 heteroatoms. The summed E-state index contributed by atoms with van der Waals surface area (Å²) in [6.45, 7) is 2.22. The average molecular weight is 487 g/mol. The van der Waals surface area contributed by atoms with Crippen molar-refractivity contribution in [1.29, 1.82) is 0 Å². The summed E-state index contributed by atoms with van der Waals surface area (Å²) in [5.41, 5.74) is 3.98. The number of aromatic nitrogens is 4. The van der Waals surface area contributed by atoms with Gasteiger partial charge in [0.1, 0.15) is 0 Å². The van der Waals surface area contributed by atoms with Crippen LogP contribution in [0, 0.1) is 11.8 Å². The number of halogens is 1. The summed E-state index contributed by atoms with van der Waals surface area (Å²) in [6.07, 6.45) is 9.43. The summed E-state index contributed by atoms with van der Waals surface area (Å²) in [6, 6.07) is 20.1. The molecule has 0 aliphatic heterocycles. The van der Waals surface area contributed by atoms with Gasteiger partial charge in [0.2, 0.25) is 0 Å². The van der Waals surface area contributed by atoms with Crippen LogP contribution in [0.3, 0.4) is 0 Å². The molecule has 4 aromatic rings. The highest BCUT2D eigenvalue weighted by Crippen LogP contribution is 2.30. The van der Waals surface area contributed by atoms with Crippen LogP contribution in [0.5, 0.6) is 0 Å². The third-order valence-corrected chi connectivity index (χ3v) is 6.57. The molecule has 172 valence electrons. The van der Waals surface area contributed by atoms with Gasteiger partial charge in [0.05, 0.1) is 0 Å². The summed E-state index contributed by atoms with van der Waals surface area (Å²) in [5.74, 6) is 8.07. The minimum absolute atomic E-state index is 0.736. The zero-order valence-corrected chi connectivity index (χ0v) is 20.8. The molecule has 0 aliphatic rings. The predicted molar refractivity (Wildman–Crippen MR) is 141 cm³/mol. The van der Waals surface area contributed by atoms with Crippen LogP contribution in [0.2, 0.25) is 5.02 Å². The zero-order valence-electron chi connectivity index (χ0n) is 19.2. The highest BCUT2D eigenvalue weighted by atomic mass is 35.5. The number of hydrogen-bond acceptors (Lipinski definition) is 4. The van der Waals surface area contributed by atoms with Gasteiger partial charge in [-0.05, 0) is 42.3 Å². The number of para-hydroxylation sites is 1. The molecule has 0 aliphatic carbocycles. The maximum Gasteiger partial charge on any atom is 0.196 e. The van der Waals surface area contributed by atoms with Gasteiger partial charge in [-0.1, -0.05) is 91.7 Å². The van der Waals surface area contributed by atoms with Gasteiger partial charge in [-0.25, -0.2) is 0 Å². The van der Waals surface area contributed by atoms with Crippen LogP contribution in [-0.2, 0) is 5.75 Å². The summed E-state index contributed by atoms with van der Waals surface area (Å²) in [5, 5.41) is 10.6. The first kappa shape index (κ1) is 24.1. The molecule has 2 aromatic heterocycles. The molecule has 0 amide bonds. The maximum atomic E-state index is 6.03. The van der Waals surface area contributed by atoms with Gasteiger partial charge in [-0.15, -0.1) is 10.2 Å². The Labute approximate surface area is 210 Å². The Hall–Kier alpha value is -3.07. The predicted octanol–water partition coefficient (Wildman–Crippen LogP) is 7.60. The number of unbranched alkanes of at least 4 members (excludes halogenated alkanes) is 4. The van der Waals surface area contributed by atoms with Crippen molar-refractivity contribution >= 4 is 23.4 Å². The smallest absolute Gasteiger partial charge is 0.196 e. The van der Waals surface area contributed by atoms with Crippen molar-refractivity contribution in [3.05, 3.63) is 89.2 Å². The lowest BCUT2D eigenvalue weighted by atomic mass is 10.1. The van der Waals surface area contributed by atoms with E-state index >= 15 is 0 Å². The van der Waals surface area contributed by atoms with E-state index in [2.05, 4.69) is 50.6 Å². The van der Waals surface area contributed by atoms with E-state index in [9.17, 15) is 0 Å². The van der Waals surface area contributed by atoms with Gasteiger partial charge in [0, 0.05) is 46.4 Å². The van der Waals surface area contributed by atoms with Crippen LogP contribution in [0.25, 0.3) is 17.1 Å². The number of nitrogens with zero attached hydrogens (tertiary/aromatic N) is 4. The quantitative estimate of drug-likeness (QED) is 0.139. The first-order valence-corrected chi connectivity index (χ1v) is 12.9. The van der Waals surface area contributed by atoms with E-state index in [0.29, 0.717) is 0 Å². The molecule has 0 radical (unpaired) electrons. The van der Waals surface area contributed by atoms with Crippen LogP contribution in [-0.4, -0.2) is 19.7 Å². The molecule has 0 saturated carbocycles. The number of pyridine rings is 1. The van der Waals surface area contributed by atoms with Crippen LogP contribution >= 0.6 is 23.4 Å². The van der Waals surface area contributed by atoms with Crippen molar-refractivity contribution < 1.29 is 0 Å². The van der Waals surface area contributed by atoms with E-state index < -0.39 is 0 Å². The molecule has 34 heavy (non-hydrogen) atoms. The molecule has 4 rings (SSSR count). The van der Waals surface area contributed by atoms with E-state index in [4.69, 9.17) is 11.6 Å². The lowest BCUT2D eigenvalue weighted by Gasteiger charge is -2.10. The highest BCUT2D eigenvalue weighted by molar-refractivity contribution is 7.98. The second-order valence-electron chi connectivity index (χ2n) is 7.97. The SMILES string of the molecule is CCCCCCC#Cc1cncc(-c2nnc(SCc3ccc(Cl)cc3)n2-c2ccccc2)c1. The Kier molecular flexibility index (Phi) is 8.78. The standard InChI is InChI=1S/C28H27ClN4S/c1-2-3-4-5-6-8-11-23-18-24(20-30-19-23)27-31-32-28(33(27)26-12-9-7-10-13-26)34-21-22-14-16-25(29)17-15-22/h7,9-10,12-20H,2-6,21H2,1H3. The van der Waals surface area contributed by atoms with Crippen molar-refractivity contribution in [3.63, 3.8) is 0 Å². The molecule has 0 bridgehead atoms. The molecule has 0 atom stereocenters. The fourth-order valence-corrected chi connectivity index (χ4v) is 4.56. The summed E-state index contributed by atoms with van der Waals surface area (Å²) < 4.78 is 2.08. The molecule has 0 saturated heterocycles. The van der Waals surface area contributed by atoms with Gasteiger partial charge in [0.25, 0.3) is 0 Å². The summed E-state index contributed by atoms with van der Waals surface area (Å²) in [4.78, 5) is 4.43. The second kappa shape index (κ2) is 12.4. The van der Waals surface area contributed by atoms with Crippen LogP contribution in [0.4, 0.5) is 0 Å². The number of thioether (sulfide) groups is 1. The molecule has 0 spiro atoms. The molecular weight excluding hydrogens is 460 g/mol. The van der Waals surface area contributed by atoms with E-state index in [1.165, 1.54) is 24.8 Å². The minimum Gasteiger partial charge on any atom is -0.270 e. The first-order chi connectivity index (χ1) is 16.7. The minimum atomic E-state index is 0.736. The Morgan fingerprint density at radius 3 is 2.56 bits per heavy atom. The molecular formula is C28H27ClN4S. The normalized spacial score (nSPS) is 10.6. The Bertz CT molecular complexity index is 1260. The van der Waals surface area contributed by atoms with E-state index in [0.717, 1.165) is 51.4 Å². The lowest BCUT2D eigenvalue weighted by Crippen LogP contribution is -2.00. The molecule has 2 aromatic carbocycles. The van der Waals surface area contributed by atoms with Crippen LogP contribution in [0.1, 0.15) is 50.2 Å². The van der Waals surface area contributed by atoms with Crippen molar-refractivity contribution in [2.45, 2.75) is 49.9 Å². The largest absolute Gasteiger partial charge is 0.270 e. The van der Waals surface area contributed by atoms with Gasteiger partial charge >= 0.3 is 0 Å². The average Bonchev–Trinajstić information content (AvgIpc) is 3.30. The van der Waals surface area contributed by atoms with Gasteiger partial charge in [-0.2, -0.15) is 0 Å². The van der Waals surface area contributed by atoms with E-state index in [-0.39, 0.29) is 0 Å². The molecule has 0 N–H and O–H groups in total. The van der Waals surface area contributed by atoms with Gasteiger partial charge < -0.3 is 0 Å². The molecule has 0 fully saturated rings. The van der Waals surface area contributed by atoms with Crippen molar-refractivity contribution in [2.24, 2.45) is 0 Å². The van der Waals surface area contributed by atoms with E-state index in [1.54, 1.807) is 11.8 Å². The first-order valence-electron chi connectivity index (χ1n) is 11.6. The van der Waals surface area contributed by atoms with Gasteiger partial charge in [0.15, 0.2) is 11.0 Å². The zero-order chi connectivity index (χ0) is 23.6. The van der Waals surface area contributed by atoms with Gasteiger partial charge in [-0.3, -0.25) is 9.55 Å². The Balaban J connectivity index is 1.59. The third kappa shape index (κ3) is 6.50. The fourth-order valence-electron chi connectivity index (χ4n) is 3.52. The summed E-state index contributed by atoms with van der Waals surface area (Å²) in [7, 11) is 0. The van der Waals surface area contributed by atoms with Crippen molar-refractivity contribution in [3.8, 4) is 28.9 Å². The molecule has 4 nitrogen and oxygen atoms in total. The van der Waals surface area contributed by atoms with Crippen molar-refractivity contribution in [2.75, 3.05) is 0 Å². The van der Waals surface area contributed by atoms with Crippen LogP contribution in [0.15, 0.2) is 78.2 Å². The molecule has 2 heterocycles. The topological polar surface area (TPSA) is 43.6 Å². The van der Waals surface area contributed by atoms with Crippen molar-refractivity contribution in [1.82, 2.24) is 19.7 Å². The van der Waals surface area contributed by atoms with E-state index in [1.807, 2.05) is 60.9 Å². The third-order valence-electron chi connectivity index (χ3n) is 5.31. The Morgan fingerprint density at radius 1 is 0.941 bits per heavy atom. The highest BCUT2D eigenvalue weighted by Gasteiger charge is 2.17. The summed E-state index contributed by atoms with van der Waals surface area (Å²) >= 11 is 7.67. The number of benzene rings is 2. The maximum absolute atomic E-state index is 6.03. The Morgan fingerprint density at radius 2 is 1.76 bits per heavy atom. The lowest BCUT2D eigenvalue weighted by molar-refractivity contribution is 0.679. The monoisotopic (exact) mass is 486 g/mol.